The molecule has 0 aromatic carbocycles. The van der Waals surface area contributed by atoms with Crippen molar-refractivity contribution in [2.45, 2.75) is 6.42 Å². The van der Waals surface area contributed by atoms with Gasteiger partial charge in [-0.2, -0.15) is 11.8 Å². The SMILES string of the molecule is Cl.OCCSCCc1ccncc1. The van der Waals surface area contributed by atoms with Crippen LogP contribution < -0.4 is 0 Å². The Bertz CT molecular complexity index is 208. The first-order chi connectivity index (χ1) is 5.93. The molecule has 0 saturated heterocycles. The molecule has 0 aliphatic rings. The van der Waals surface area contributed by atoms with E-state index in [1.165, 1.54) is 5.56 Å². The molecular weight excluding hydrogens is 206 g/mol. The minimum Gasteiger partial charge on any atom is -0.396 e. The Morgan fingerprint density at radius 2 is 1.92 bits per heavy atom. The van der Waals surface area contributed by atoms with Crippen molar-refractivity contribution in [3.05, 3.63) is 30.1 Å². The largest absolute Gasteiger partial charge is 0.396 e. The van der Waals surface area contributed by atoms with Crippen LogP contribution in [-0.2, 0) is 6.42 Å². The van der Waals surface area contributed by atoms with E-state index in [4.69, 9.17) is 5.11 Å². The van der Waals surface area contributed by atoms with Crippen LogP contribution in [-0.4, -0.2) is 28.2 Å². The van der Waals surface area contributed by atoms with E-state index in [2.05, 4.69) is 4.98 Å². The quantitative estimate of drug-likeness (QED) is 0.767. The fourth-order valence-electron chi connectivity index (χ4n) is 0.906. The molecule has 1 N–H and O–H groups in total. The Balaban J connectivity index is 0.00000144. The molecule has 1 heterocycles. The Morgan fingerprint density at radius 3 is 2.54 bits per heavy atom. The smallest absolute Gasteiger partial charge is 0.0521 e. The highest BCUT2D eigenvalue weighted by Crippen LogP contribution is 2.04. The summed E-state index contributed by atoms with van der Waals surface area (Å²) in [5.41, 5.74) is 1.32. The highest BCUT2D eigenvalue weighted by atomic mass is 35.5. The number of halogens is 1. The highest BCUT2D eigenvalue weighted by molar-refractivity contribution is 7.99. The summed E-state index contributed by atoms with van der Waals surface area (Å²) in [6.45, 7) is 0.279. The Kier molecular flexibility index (Phi) is 8.19. The van der Waals surface area contributed by atoms with Crippen molar-refractivity contribution in [3.63, 3.8) is 0 Å². The van der Waals surface area contributed by atoms with Gasteiger partial charge in [0.25, 0.3) is 0 Å². The molecule has 0 unspecified atom stereocenters. The van der Waals surface area contributed by atoms with Gasteiger partial charge in [-0.15, -0.1) is 12.4 Å². The van der Waals surface area contributed by atoms with Gasteiger partial charge in [-0.1, -0.05) is 0 Å². The second kappa shape index (κ2) is 8.35. The van der Waals surface area contributed by atoms with Crippen LogP contribution in [0.15, 0.2) is 24.5 Å². The molecule has 0 fully saturated rings. The number of hydrogen-bond acceptors (Lipinski definition) is 3. The number of hydrogen-bond donors (Lipinski definition) is 1. The summed E-state index contributed by atoms with van der Waals surface area (Å²) in [6.07, 6.45) is 4.69. The Hall–Kier alpha value is -0.250. The summed E-state index contributed by atoms with van der Waals surface area (Å²) in [4.78, 5) is 3.94. The van der Waals surface area contributed by atoms with Crippen LogP contribution >= 0.6 is 24.2 Å². The molecule has 0 bridgehead atoms. The molecule has 4 heteroatoms. The molecule has 0 aliphatic heterocycles. The number of aliphatic hydroxyl groups excluding tert-OH is 1. The molecule has 1 aromatic heterocycles. The lowest BCUT2D eigenvalue weighted by atomic mass is 10.2. The normalized spacial score (nSPS) is 9.31. The molecule has 2 nitrogen and oxygen atoms in total. The predicted octanol–water partition coefficient (Wildman–Crippen LogP) is 1.77. The second-order valence-electron chi connectivity index (χ2n) is 2.44. The van der Waals surface area contributed by atoms with E-state index in [0.29, 0.717) is 0 Å². The summed E-state index contributed by atoms with van der Waals surface area (Å²) in [7, 11) is 0. The summed E-state index contributed by atoms with van der Waals surface area (Å²) < 4.78 is 0. The zero-order valence-electron chi connectivity index (χ0n) is 7.35. The first kappa shape index (κ1) is 12.8. The van der Waals surface area contributed by atoms with Gasteiger partial charge in [0.15, 0.2) is 0 Å². The van der Waals surface area contributed by atoms with Crippen molar-refractivity contribution in [1.29, 1.82) is 0 Å². The lowest BCUT2D eigenvalue weighted by Gasteiger charge is -1.99. The number of nitrogens with zero attached hydrogens (tertiary/aromatic N) is 1. The van der Waals surface area contributed by atoms with Crippen molar-refractivity contribution < 1.29 is 5.11 Å². The fourth-order valence-corrected chi connectivity index (χ4v) is 1.62. The third kappa shape index (κ3) is 5.91. The van der Waals surface area contributed by atoms with Crippen molar-refractivity contribution in [2.24, 2.45) is 0 Å². The molecule has 1 rings (SSSR count). The van der Waals surface area contributed by atoms with E-state index in [1.807, 2.05) is 24.5 Å². The molecule has 74 valence electrons. The molecule has 0 saturated carbocycles. The molecule has 13 heavy (non-hydrogen) atoms. The average Bonchev–Trinajstić information content (AvgIpc) is 2.14. The number of aromatic nitrogens is 1. The van der Waals surface area contributed by atoms with Gasteiger partial charge in [0.2, 0.25) is 0 Å². The van der Waals surface area contributed by atoms with Crippen LogP contribution in [0.2, 0.25) is 0 Å². The summed E-state index contributed by atoms with van der Waals surface area (Å²) in [6, 6.07) is 4.05. The van der Waals surface area contributed by atoms with E-state index in [0.717, 1.165) is 17.9 Å². The standard InChI is InChI=1S/C9H13NOS.ClH/c11-6-8-12-7-3-9-1-4-10-5-2-9;/h1-2,4-5,11H,3,6-8H2;1H. The van der Waals surface area contributed by atoms with E-state index in [9.17, 15) is 0 Å². The van der Waals surface area contributed by atoms with Crippen molar-refractivity contribution in [2.75, 3.05) is 18.1 Å². The Morgan fingerprint density at radius 1 is 1.23 bits per heavy atom. The van der Waals surface area contributed by atoms with E-state index in [1.54, 1.807) is 11.8 Å². The van der Waals surface area contributed by atoms with Gasteiger partial charge in [0.1, 0.15) is 0 Å². The number of rotatable bonds is 5. The molecule has 1 aromatic rings. The number of aliphatic hydroxyl groups is 1. The van der Waals surface area contributed by atoms with Crippen LogP contribution in [0.4, 0.5) is 0 Å². The van der Waals surface area contributed by atoms with Crippen molar-refractivity contribution in [3.8, 4) is 0 Å². The van der Waals surface area contributed by atoms with Crippen LogP contribution in [0.25, 0.3) is 0 Å². The van der Waals surface area contributed by atoms with Crippen LogP contribution in [0.1, 0.15) is 5.56 Å². The average molecular weight is 220 g/mol. The van der Waals surface area contributed by atoms with Gasteiger partial charge >= 0.3 is 0 Å². The highest BCUT2D eigenvalue weighted by Gasteiger charge is 1.91. The monoisotopic (exact) mass is 219 g/mol. The maximum Gasteiger partial charge on any atom is 0.0521 e. The van der Waals surface area contributed by atoms with Crippen molar-refractivity contribution >= 4 is 24.2 Å². The van der Waals surface area contributed by atoms with E-state index in [-0.39, 0.29) is 19.0 Å². The first-order valence-corrected chi connectivity index (χ1v) is 5.16. The molecule has 0 radical (unpaired) electrons. The van der Waals surface area contributed by atoms with Gasteiger partial charge in [-0.25, -0.2) is 0 Å². The fraction of sp³-hybridized carbons (Fsp3) is 0.444. The first-order valence-electron chi connectivity index (χ1n) is 4.01. The van der Waals surface area contributed by atoms with Gasteiger partial charge in [-0.05, 0) is 29.9 Å². The lowest BCUT2D eigenvalue weighted by Crippen LogP contribution is -1.92. The van der Waals surface area contributed by atoms with E-state index >= 15 is 0 Å². The zero-order chi connectivity index (χ0) is 8.65. The number of thioether (sulfide) groups is 1. The topological polar surface area (TPSA) is 33.1 Å². The summed E-state index contributed by atoms with van der Waals surface area (Å²) in [5, 5.41) is 8.53. The minimum absolute atomic E-state index is 0. The molecule has 0 amide bonds. The zero-order valence-corrected chi connectivity index (χ0v) is 8.98. The molecular formula is C9H14ClNOS. The van der Waals surface area contributed by atoms with Gasteiger partial charge in [0.05, 0.1) is 6.61 Å². The molecule has 0 aliphatic carbocycles. The minimum atomic E-state index is 0. The predicted molar refractivity (Wildman–Crippen MR) is 59.6 cm³/mol. The van der Waals surface area contributed by atoms with Gasteiger partial charge in [-0.3, -0.25) is 4.98 Å². The second-order valence-corrected chi connectivity index (χ2v) is 3.67. The molecule has 0 spiro atoms. The van der Waals surface area contributed by atoms with Crippen molar-refractivity contribution in [1.82, 2.24) is 4.98 Å². The van der Waals surface area contributed by atoms with Crippen LogP contribution in [0, 0.1) is 0 Å². The van der Waals surface area contributed by atoms with Gasteiger partial charge in [0, 0.05) is 18.1 Å². The maximum absolute atomic E-state index is 8.53. The van der Waals surface area contributed by atoms with Gasteiger partial charge < -0.3 is 5.11 Å². The Labute approximate surface area is 89.2 Å². The third-order valence-corrected chi connectivity index (χ3v) is 2.48. The van der Waals surface area contributed by atoms with Crippen LogP contribution in [0.3, 0.4) is 0 Å². The molecule has 0 atom stereocenters. The lowest BCUT2D eigenvalue weighted by molar-refractivity contribution is 0.322. The summed E-state index contributed by atoms with van der Waals surface area (Å²) >= 11 is 1.78. The van der Waals surface area contributed by atoms with E-state index < -0.39 is 0 Å². The summed E-state index contributed by atoms with van der Waals surface area (Å²) in [5.74, 6) is 1.91. The van der Waals surface area contributed by atoms with Crippen LogP contribution in [0.5, 0.6) is 0 Å². The maximum atomic E-state index is 8.53. The number of aryl methyl sites for hydroxylation is 1. The number of pyridine rings is 1. The third-order valence-electron chi connectivity index (χ3n) is 1.52.